The van der Waals surface area contributed by atoms with E-state index in [1.54, 1.807) is 0 Å². The van der Waals surface area contributed by atoms with Crippen LogP contribution in [-0.2, 0) is 9.47 Å². The van der Waals surface area contributed by atoms with Crippen LogP contribution in [0.3, 0.4) is 0 Å². The molecule has 0 bridgehead atoms. The lowest BCUT2D eigenvalue weighted by Gasteiger charge is -2.19. The fourth-order valence-corrected chi connectivity index (χ4v) is 2.01. The van der Waals surface area contributed by atoms with Gasteiger partial charge in [-0.25, -0.2) is 0 Å². The first-order chi connectivity index (χ1) is 7.93. The topological polar surface area (TPSA) is 69.4 Å². The molecule has 2 aliphatic heterocycles. The molecule has 1 aromatic rings. The van der Waals surface area contributed by atoms with Gasteiger partial charge in [-0.1, -0.05) is 5.16 Å². The Morgan fingerprint density at radius 1 is 1.31 bits per heavy atom. The minimum Gasteiger partial charge on any atom is -0.381 e. The molecule has 0 amide bonds. The third-order valence-electron chi connectivity index (χ3n) is 2.96. The van der Waals surface area contributed by atoms with Gasteiger partial charge in [-0.05, 0) is 6.42 Å². The Labute approximate surface area is 93.3 Å². The van der Waals surface area contributed by atoms with E-state index in [1.165, 1.54) is 0 Å². The van der Waals surface area contributed by atoms with Crippen LogP contribution in [0.5, 0.6) is 0 Å². The fourth-order valence-electron chi connectivity index (χ4n) is 2.01. The molecular formula is C10H15N3O3. The molecule has 3 rings (SSSR count). The number of ether oxygens (including phenoxy) is 2. The van der Waals surface area contributed by atoms with E-state index >= 15 is 0 Å². The van der Waals surface area contributed by atoms with Gasteiger partial charge in [-0.2, -0.15) is 4.98 Å². The SMILES string of the molecule is C1COC(c2nc(C3CCOC3)no2)CN1. The van der Waals surface area contributed by atoms with E-state index in [9.17, 15) is 0 Å². The van der Waals surface area contributed by atoms with E-state index in [2.05, 4.69) is 15.5 Å². The molecule has 0 radical (unpaired) electrons. The van der Waals surface area contributed by atoms with E-state index in [1.807, 2.05) is 0 Å². The van der Waals surface area contributed by atoms with Crippen molar-refractivity contribution < 1.29 is 14.0 Å². The number of hydrogen-bond acceptors (Lipinski definition) is 6. The van der Waals surface area contributed by atoms with Gasteiger partial charge in [0, 0.05) is 25.6 Å². The average molecular weight is 225 g/mol. The summed E-state index contributed by atoms with van der Waals surface area (Å²) < 4.78 is 16.1. The van der Waals surface area contributed by atoms with Crippen molar-refractivity contribution in [2.45, 2.75) is 18.4 Å². The standard InChI is InChI=1S/C10H15N3O3/c1-3-14-6-7(1)9-12-10(16-13-9)8-5-11-2-4-15-8/h7-8,11H,1-6H2. The third kappa shape index (κ3) is 1.95. The van der Waals surface area contributed by atoms with Gasteiger partial charge >= 0.3 is 0 Å². The van der Waals surface area contributed by atoms with Crippen molar-refractivity contribution >= 4 is 0 Å². The first-order valence-corrected chi connectivity index (χ1v) is 5.67. The zero-order chi connectivity index (χ0) is 10.8. The van der Waals surface area contributed by atoms with Crippen molar-refractivity contribution in [2.75, 3.05) is 32.9 Å². The molecule has 2 aliphatic rings. The largest absolute Gasteiger partial charge is 0.381 e. The van der Waals surface area contributed by atoms with Gasteiger partial charge < -0.3 is 19.3 Å². The Bertz CT molecular complexity index is 343. The number of hydrogen-bond donors (Lipinski definition) is 1. The Balaban J connectivity index is 1.71. The molecular weight excluding hydrogens is 210 g/mol. The smallest absolute Gasteiger partial charge is 0.257 e. The Kier molecular flexibility index (Phi) is 2.86. The molecule has 0 spiro atoms. The van der Waals surface area contributed by atoms with Crippen molar-refractivity contribution in [3.63, 3.8) is 0 Å². The summed E-state index contributed by atoms with van der Waals surface area (Å²) in [6.45, 7) is 3.80. The van der Waals surface area contributed by atoms with Crippen molar-refractivity contribution in [2.24, 2.45) is 0 Å². The molecule has 2 unspecified atom stereocenters. The highest BCUT2D eigenvalue weighted by molar-refractivity contribution is 4.99. The lowest BCUT2D eigenvalue weighted by Crippen LogP contribution is -2.33. The first kappa shape index (κ1) is 10.2. The Morgan fingerprint density at radius 2 is 2.31 bits per heavy atom. The van der Waals surface area contributed by atoms with Gasteiger partial charge in [0.05, 0.1) is 13.2 Å². The van der Waals surface area contributed by atoms with Crippen LogP contribution in [0, 0.1) is 0 Å². The molecule has 1 aromatic heterocycles. The zero-order valence-electron chi connectivity index (χ0n) is 9.02. The summed E-state index contributed by atoms with van der Waals surface area (Å²) in [5.74, 6) is 1.62. The van der Waals surface area contributed by atoms with E-state index in [0.29, 0.717) is 19.1 Å². The summed E-state index contributed by atoms with van der Waals surface area (Å²) in [5, 5.41) is 7.23. The molecule has 3 heterocycles. The quantitative estimate of drug-likeness (QED) is 0.777. The van der Waals surface area contributed by atoms with Gasteiger partial charge in [0.2, 0.25) is 0 Å². The molecule has 0 aromatic carbocycles. The van der Waals surface area contributed by atoms with Crippen LogP contribution in [-0.4, -0.2) is 43.1 Å². The van der Waals surface area contributed by atoms with Gasteiger partial charge in [0.1, 0.15) is 6.10 Å². The van der Waals surface area contributed by atoms with Crippen LogP contribution in [0.4, 0.5) is 0 Å². The highest BCUT2D eigenvalue weighted by Gasteiger charge is 2.27. The van der Waals surface area contributed by atoms with Crippen LogP contribution in [0.25, 0.3) is 0 Å². The van der Waals surface area contributed by atoms with Gasteiger partial charge in [0.25, 0.3) is 5.89 Å². The third-order valence-corrected chi connectivity index (χ3v) is 2.96. The van der Waals surface area contributed by atoms with Crippen molar-refractivity contribution in [1.29, 1.82) is 0 Å². The van der Waals surface area contributed by atoms with E-state index in [0.717, 1.165) is 31.9 Å². The second-order valence-corrected chi connectivity index (χ2v) is 4.11. The molecule has 6 heteroatoms. The molecule has 2 atom stereocenters. The summed E-state index contributed by atoms with van der Waals surface area (Å²) >= 11 is 0. The maximum atomic E-state index is 5.55. The van der Waals surface area contributed by atoms with E-state index in [-0.39, 0.29) is 12.0 Å². The number of aromatic nitrogens is 2. The number of nitrogens with zero attached hydrogens (tertiary/aromatic N) is 2. The molecule has 88 valence electrons. The molecule has 2 saturated heterocycles. The van der Waals surface area contributed by atoms with Crippen LogP contribution in [0.1, 0.15) is 30.2 Å². The minimum absolute atomic E-state index is 0.0997. The summed E-state index contributed by atoms with van der Waals surface area (Å²) in [4.78, 5) is 4.39. The second kappa shape index (κ2) is 4.48. The first-order valence-electron chi connectivity index (χ1n) is 5.67. The van der Waals surface area contributed by atoms with Crippen LogP contribution < -0.4 is 5.32 Å². The molecule has 1 N–H and O–H groups in total. The van der Waals surface area contributed by atoms with Gasteiger partial charge in [-0.3, -0.25) is 0 Å². The lowest BCUT2D eigenvalue weighted by atomic mass is 10.1. The molecule has 6 nitrogen and oxygen atoms in total. The van der Waals surface area contributed by atoms with E-state index in [4.69, 9.17) is 14.0 Å². The summed E-state index contributed by atoms with van der Waals surface area (Å²) in [6.07, 6.45) is 0.875. The predicted molar refractivity (Wildman–Crippen MR) is 54.0 cm³/mol. The predicted octanol–water partition coefficient (Wildman–Crippen LogP) is 0.234. The Morgan fingerprint density at radius 3 is 3.06 bits per heavy atom. The molecule has 2 fully saturated rings. The maximum absolute atomic E-state index is 5.55. The van der Waals surface area contributed by atoms with E-state index < -0.39 is 0 Å². The number of rotatable bonds is 2. The van der Waals surface area contributed by atoms with Crippen molar-refractivity contribution in [3.8, 4) is 0 Å². The average Bonchev–Trinajstić information content (AvgIpc) is 3.01. The maximum Gasteiger partial charge on any atom is 0.257 e. The van der Waals surface area contributed by atoms with Gasteiger partial charge in [-0.15, -0.1) is 0 Å². The fraction of sp³-hybridized carbons (Fsp3) is 0.800. The monoisotopic (exact) mass is 225 g/mol. The highest BCUT2D eigenvalue weighted by atomic mass is 16.5. The van der Waals surface area contributed by atoms with Crippen molar-refractivity contribution in [1.82, 2.24) is 15.5 Å². The normalized spacial score (nSPS) is 30.8. The van der Waals surface area contributed by atoms with Crippen LogP contribution in [0.2, 0.25) is 0 Å². The molecule has 16 heavy (non-hydrogen) atoms. The molecule has 0 saturated carbocycles. The van der Waals surface area contributed by atoms with Crippen molar-refractivity contribution in [3.05, 3.63) is 11.7 Å². The zero-order valence-corrected chi connectivity index (χ0v) is 9.02. The summed E-state index contributed by atoms with van der Waals surface area (Å²) in [5.41, 5.74) is 0. The Hall–Kier alpha value is -0.980. The molecule has 0 aliphatic carbocycles. The van der Waals surface area contributed by atoms with Crippen LogP contribution >= 0.6 is 0 Å². The van der Waals surface area contributed by atoms with Gasteiger partial charge in [0.15, 0.2) is 5.82 Å². The number of morpholine rings is 1. The van der Waals surface area contributed by atoms with Crippen LogP contribution in [0.15, 0.2) is 4.52 Å². The number of nitrogens with one attached hydrogen (secondary N) is 1. The lowest BCUT2D eigenvalue weighted by molar-refractivity contribution is 0.00755. The highest BCUT2D eigenvalue weighted by Crippen LogP contribution is 2.24. The summed E-state index contributed by atoms with van der Waals surface area (Å²) in [7, 11) is 0. The minimum atomic E-state index is -0.0997. The second-order valence-electron chi connectivity index (χ2n) is 4.11. The summed E-state index contributed by atoms with van der Waals surface area (Å²) in [6, 6.07) is 0.